The molecule has 1 saturated heterocycles. The average Bonchev–Trinajstić information content (AvgIpc) is 2.77. The summed E-state index contributed by atoms with van der Waals surface area (Å²) < 4.78 is 22.9. The minimum atomic E-state index is -2.99. The van der Waals surface area contributed by atoms with Crippen LogP contribution in [-0.4, -0.2) is 55.9 Å². The van der Waals surface area contributed by atoms with Crippen molar-refractivity contribution < 1.29 is 13.2 Å². The Kier molecular flexibility index (Phi) is 3.75. The Morgan fingerprint density at radius 2 is 2.21 bits per heavy atom. The molecule has 0 radical (unpaired) electrons. The summed E-state index contributed by atoms with van der Waals surface area (Å²) in [5, 5.41) is 2.87. The van der Waals surface area contributed by atoms with Crippen LogP contribution in [0.3, 0.4) is 0 Å². The maximum absolute atomic E-state index is 12.2. The van der Waals surface area contributed by atoms with Gasteiger partial charge in [-0.1, -0.05) is 0 Å². The molecule has 1 aliphatic rings. The fraction of sp³-hybridized carbons (Fsp3) is 0.500. The molecular formula is C12H17N3O3S. The van der Waals surface area contributed by atoms with Crippen molar-refractivity contribution >= 4 is 21.6 Å². The van der Waals surface area contributed by atoms with E-state index >= 15 is 0 Å². The van der Waals surface area contributed by atoms with Crippen molar-refractivity contribution in [2.75, 3.05) is 30.9 Å². The van der Waals surface area contributed by atoms with Gasteiger partial charge in [0.05, 0.1) is 17.1 Å². The first-order chi connectivity index (χ1) is 8.93. The fourth-order valence-electron chi connectivity index (χ4n) is 2.12. The van der Waals surface area contributed by atoms with Crippen LogP contribution in [0.4, 0.5) is 5.82 Å². The highest BCUT2D eigenvalue weighted by Gasteiger charge is 2.33. The SMILES string of the molecule is CNc1ccc(C(=O)N(C)C2CCS(=O)(=O)C2)cn1. The van der Waals surface area contributed by atoms with Gasteiger partial charge in [0.2, 0.25) is 0 Å². The number of hydrogen-bond acceptors (Lipinski definition) is 5. The summed E-state index contributed by atoms with van der Waals surface area (Å²) in [6, 6.07) is 3.16. The molecule has 0 bridgehead atoms. The van der Waals surface area contributed by atoms with Gasteiger partial charge in [-0.15, -0.1) is 0 Å². The average molecular weight is 283 g/mol. The highest BCUT2D eigenvalue weighted by atomic mass is 32.2. The van der Waals surface area contributed by atoms with Gasteiger partial charge in [0, 0.05) is 26.3 Å². The van der Waals surface area contributed by atoms with Gasteiger partial charge in [-0.25, -0.2) is 13.4 Å². The van der Waals surface area contributed by atoms with Crippen LogP contribution in [0.25, 0.3) is 0 Å². The third kappa shape index (κ3) is 3.04. The predicted molar refractivity (Wildman–Crippen MR) is 72.9 cm³/mol. The number of hydrogen-bond donors (Lipinski definition) is 1. The zero-order valence-corrected chi connectivity index (χ0v) is 11.8. The molecule has 6 nitrogen and oxygen atoms in total. The lowest BCUT2D eigenvalue weighted by Crippen LogP contribution is -2.37. The van der Waals surface area contributed by atoms with Gasteiger partial charge in [0.1, 0.15) is 5.82 Å². The first kappa shape index (κ1) is 13.8. The Hall–Kier alpha value is -1.63. The van der Waals surface area contributed by atoms with Gasteiger partial charge in [0.15, 0.2) is 9.84 Å². The van der Waals surface area contributed by atoms with Crippen LogP contribution in [0.5, 0.6) is 0 Å². The molecule has 1 fully saturated rings. The van der Waals surface area contributed by atoms with Crippen LogP contribution in [0.2, 0.25) is 0 Å². The number of nitrogens with one attached hydrogen (secondary N) is 1. The van der Waals surface area contributed by atoms with Crippen LogP contribution in [-0.2, 0) is 9.84 Å². The molecule has 1 N–H and O–H groups in total. The van der Waals surface area contributed by atoms with E-state index in [0.29, 0.717) is 17.8 Å². The number of aromatic nitrogens is 1. The summed E-state index contributed by atoms with van der Waals surface area (Å²) in [5.74, 6) is 0.698. The first-order valence-electron chi connectivity index (χ1n) is 6.04. The molecule has 1 aromatic rings. The second-order valence-corrected chi connectivity index (χ2v) is 6.88. The number of carbonyl (C=O) groups is 1. The molecule has 19 heavy (non-hydrogen) atoms. The van der Waals surface area contributed by atoms with Crippen molar-refractivity contribution in [3.8, 4) is 0 Å². The molecule has 7 heteroatoms. The highest BCUT2D eigenvalue weighted by molar-refractivity contribution is 7.91. The third-order valence-electron chi connectivity index (χ3n) is 3.34. The number of anilines is 1. The van der Waals surface area contributed by atoms with E-state index in [1.807, 2.05) is 0 Å². The Bertz CT molecular complexity index is 568. The van der Waals surface area contributed by atoms with Crippen LogP contribution in [0, 0.1) is 0 Å². The van der Waals surface area contributed by atoms with E-state index in [-0.39, 0.29) is 23.5 Å². The van der Waals surface area contributed by atoms with Gasteiger partial charge < -0.3 is 10.2 Å². The van der Waals surface area contributed by atoms with Crippen molar-refractivity contribution in [3.63, 3.8) is 0 Å². The quantitative estimate of drug-likeness (QED) is 0.867. The molecule has 0 spiro atoms. The fourth-order valence-corrected chi connectivity index (χ4v) is 3.89. The molecule has 1 aliphatic heterocycles. The van der Waals surface area contributed by atoms with Gasteiger partial charge >= 0.3 is 0 Å². The lowest BCUT2D eigenvalue weighted by atomic mass is 10.2. The molecule has 1 aromatic heterocycles. The van der Waals surface area contributed by atoms with E-state index in [0.717, 1.165) is 0 Å². The van der Waals surface area contributed by atoms with Crippen LogP contribution in [0.15, 0.2) is 18.3 Å². The second-order valence-electron chi connectivity index (χ2n) is 4.66. The van der Waals surface area contributed by atoms with Crippen LogP contribution in [0.1, 0.15) is 16.8 Å². The maximum Gasteiger partial charge on any atom is 0.255 e. The third-order valence-corrected chi connectivity index (χ3v) is 5.09. The van der Waals surface area contributed by atoms with E-state index in [4.69, 9.17) is 0 Å². The summed E-state index contributed by atoms with van der Waals surface area (Å²) in [6.45, 7) is 0. The predicted octanol–water partition coefficient (Wildman–Crippen LogP) is 0.382. The Balaban J connectivity index is 2.10. The molecule has 0 saturated carbocycles. The van der Waals surface area contributed by atoms with E-state index in [1.54, 1.807) is 26.2 Å². The summed E-state index contributed by atoms with van der Waals surface area (Å²) in [4.78, 5) is 17.8. The lowest BCUT2D eigenvalue weighted by Gasteiger charge is -2.23. The molecule has 0 aromatic carbocycles. The van der Waals surface area contributed by atoms with Crippen molar-refractivity contribution in [2.24, 2.45) is 0 Å². The molecule has 0 aliphatic carbocycles. The normalized spacial score (nSPS) is 21.1. The standard InChI is InChI=1S/C12H17N3O3S/c1-13-11-4-3-9(7-14-11)12(16)15(2)10-5-6-19(17,18)8-10/h3-4,7,10H,5-6,8H2,1-2H3,(H,13,14). The molecule has 1 unspecified atom stereocenters. The molecule has 1 atom stereocenters. The van der Waals surface area contributed by atoms with Gasteiger partial charge in [0.25, 0.3) is 5.91 Å². The minimum absolute atomic E-state index is 0.0528. The molecule has 2 rings (SSSR count). The molecule has 104 valence electrons. The number of nitrogens with zero attached hydrogens (tertiary/aromatic N) is 2. The maximum atomic E-state index is 12.2. The Morgan fingerprint density at radius 3 is 2.68 bits per heavy atom. The monoisotopic (exact) mass is 283 g/mol. The number of pyridine rings is 1. The van der Waals surface area contributed by atoms with Crippen molar-refractivity contribution in [1.82, 2.24) is 9.88 Å². The Morgan fingerprint density at radius 1 is 1.47 bits per heavy atom. The van der Waals surface area contributed by atoms with E-state index in [9.17, 15) is 13.2 Å². The minimum Gasteiger partial charge on any atom is -0.373 e. The highest BCUT2D eigenvalue weighted by Crippen LogP contribution is 2.18. The van der Waals surface area contributed by atoms with Crippen molar-refractivity contribution in [1.29, 1.82) is 0 Å². The smallest absolute Gasteiger partial charge is 0.255 e. The number of rotatable bonds is 3. The molecule has 1 amide bonds. The van der Waals surface area contributed by atoms with E-state index in [2.05, 4.69) is 10.3 Å². The van der Waals surface area contributed by atoms with Crippen LogP contribution >= 0.6 is 0 Å². The van der Waals surface area contributed by atoms with Gasteiger partial charge in [-0.05, 0) is 18.6 Å². The number of sulfone groups is 1. The van der Waals surface area contributed by atoms with E-state index in [1.165, 1.54) is 11.1 Å². The largest absolute Gasteiger partial charge is 0.373 e. The first-order valence-corrected chi connectivity index (χ1v) is 7.86. The van der Waals surface area contributed by atoms with E-state index < -0.39 is 9.84 Å². The topological polar surface area (TPSA) is 79.4 Å². The second kappa shape index (κ2) is 5.16. The zero-order valence-electron chi connectivity index (χ0n) is 11.0. The lowest BCUT2D eigenvalue weighted by molar-refractivity contribution is 0.0747. The number of amides is 1. The van der Waals surface area contributed by atoms with Gasteiger partial charge in [-0.3, -0.25) is 4.79 Å². The van der Waals surface area contributed by atoms with Gasteiger partial charge in [-0.2, -0.15) is 0 Å². The Labute approximate surface area is 112 Å². The van der Waals surface area contributed by atoms with Crippen LogP contribution < -0.4 is 5.32 Å². The summed E-state index contributed by atoms with van der Waals surface area (Å²) in [7, 11) is 0.402. The molecule has 2 heterocycles. The summed E-state index contributed by atoms with van der Waals surface area (Å²) in [5.41, 5.74) is 0.464. The number of carbonyl (C=O) groups excluding carboxylic acids is 1. The van der Waals surface area contributed by atoms with Crippen molar-refractivity contribution in [3.05, 3.63) is 23.9 Å². The molecular weight excluding hydrogens is 266 g/mol. The zero-order chi connectivity index (χ0) is 14.0. The van der Waals surface area contributed by atoms with Crippen molar-refractivity contribution in [2.45, 2.75) is 12.5 Å². The summed E-state index contributed by atoms with van der Waals surface area (Å²) >= 11 is 0. The summed E-state index contributed by atoms with van der Waals surface area (Å²) in [6.07, 6.45) is 2.00.